The van der Waals surface area contributed by atoms with Crippen LogP contribution in [0, 0.1) is 18.8 Å². The molecule has 0 spiro atoms. The zero-order chi connectivity index (χ0) is 14.0. The monoisotopic (exact) mass is 261 g/mol. The predicted molar refractivity (Wildman–Crippen MR) is 76.3 cm³/mol. The Morgan fingerprint density at radius 1 is 1.32 bits per heavy atom. The molecule has 3 nitrogen and oxygen atoms in total. The van der Waals surface area contributed by atoms with E-state index in [1.54, 1.807) is 25.1 Å². The van der Waals surface area contributed by atoms with Crippen LogP contribution in [0.3, 0.4) is 0 Å². The molecule has 3 atom stereocenters. The zero-order valence-electron chi connectivity index (χ0n) is 11.9. The van der Waals surface area contributed by atoms with Gasteiger partial charge in [0.25, 0.3) is 5.91 Å². The summed E-state index contributed by atoms with van der Waals surface area (Å²) in [5, 5.41) is 13.0. The average Bonchev–Trinajstić information content (AvgIpc) is 2.38. The summed E-state index contributed by atoms with van der Waals surface area (Å²) in [7, 11) is 0. The quantitative estimate of drug-likeness (QED) is 0.858. The first-order valence-corrected chi connectivity index (χ1v) is 7.10. The van der Waals surface area contributed by atoms with E-state index in [4.69, 9.17) is 0 Å². The van der Waals surface area contributed by atoms with Crippen LogP contribution in [0.5, 0.6) is 5.75 Å². The van der Waals surface area contributed by atoms with Crippen LogP contribution < -0.4 is 5.32 Å². The smallest absolute Gasteiger partial charge is 0.255 e. The maximum atomic E-state index is 12.3. The third-order valence-electron chi connectivity index (χ3n) is 4.51. The van der Waals surface area contributed by atoms with Crippen molar-refractivity contribution in [2.24, 2.45) is 11.8 Å². The Balaban J connectivity index is 2.10. The molecule has 0 radical (unpaired) electrons. The number of carbonyl (C=O) groups is 1. The van der Waals surface area contributed by atoms with Gasteiger partial charge in [-0.25, -0.2) is 0 Å². The number of aromatic hydroxyl groups is 1. The molecule has 2 N–H and O–H groups in total. The Labute approximate surface area is 115 Å². The van der Waals surface area contributed by atoms with Crippen molar-refractivity contribution in [3.8, 4) is 5.75 Å². The van der Waals surface area contributed by atoms with Gasteiger partial charge in [-0.3, -0.25) is 4.79 Å². The molecule has 1 amide bonds. The molecule has 0 bridgehead atoms. The summed E-state index contributed by atoms with van der Waals surface area (Å²) in [6.07, 6.45) is 3.43. The minimum atomic E-state index is -0.160. The first kappa shape index (κ1) is 13.9. The fraction of sp³-hybridized carbons (Fsp3) is 0.562. The summed E-state index contributed by atoms with van der Waals surface area (Å²) in [5.74, 6) is 1.07. The number of phenolic OH excluding ortho intramolecular Hbond substituents is 1. The molecule has 0 saturated heterocycles. The Hall–Kier alpha value is -1.51. The molecule has 0 heterocycles. The van der Waals surface area contributed by atoms with Crippen molar-refractivity contribution in [1.29, 1.82) is 0 Å². The Morgan fingerprint density at radius 2 is 2.05 bits per heavy atom. The Bertz CT molecular complexity index is 470. The van der Waals surface area contributed by atoms with E-state index >= 15 is 0 Å². The first-order valence-electron chi connectivity index (χ1n) is 7.10. The fourth-order valence-electron chi connectivity index (χ4n) is 2.87. The number of nitrogens with one attached hydrogen (secondary N) is 1. The number of hydrogen-bond donors (Lipinski definition) is 2. The van der Waals surface area contributed by atoms with Gasteiger partial charge in [-0.2, -0.15) is 0 Å². The van der Waals surface area contributed by atoms with Crippen LogP contribution in [-0.4, -0.2) is 17.1 Å². The molecule has 0 aromatic heterocycles. The van der Waals surface area contributed by atoms with E-state index in [1.807, 2.05) is 0 Å². The van der Waals surface area contributed by atoms with Crippen molar-refractivity contribution in [2.45, 2.75) is 46.1 Å². The van der Waals surface area contributed by atoms with Gasteiger partial charge in [-0.1, -0.05) is 38.8 Å². The van der Waals surface area contributed by atoms with Gasteiger partial charge < -0.3 is 10.4 Å². The highest BCUT2D eigenvalue weighted by Crippen LogP contribution is 2.30. The van der Waals surface area contributed by atoms with Gasteiger partial charge in [-0.05, 0) is 36.8 Å². The topological polar surface area (TPSA) is 49.3 Å². The summed E-state index contributed by atoms with van der Waals surface area (Å²) >= 11 is 0. The molecule has 1 saturated carbocycles. The van der Waals surface area contributed by atoms with E-state index in [1.165, 1.54) is 6.42 Å². The van der Waals surface area contributed by atoms with Gasteiger partial charge >= 0.3 is 0 Å². The Morgan fingerprint density at radius 3 is 2.79 bits per heavy atom. The van der Waals surface area contributed by atoms with Crippen LogP contribution in [0.4, 0.5) is 0 Å². The lowest BCUT2D eigenvalue weighted by atomic mass is 9.78. The number of hydrogen-bond acceptors (Lipinski definition) is 2. The van der Waals surface area contributed by atoms with E-state index in [0.717, 1.165) is 18.4 Å². The minimum Gasteiger partial charge on any atom is -0.507 e. The lowest BCUT2D eigenvalue weighted by Crippen LogP contribution is -2.43. The molecule has 1 aliphatic rings. The van der Waals surface area contributed by atoms with Crippen LogP contribution in [0.1, 0.15) is 49.0 Å². The number of aryl methyl sites for hydroxylation is 1. The van der Waals surface area contributed by atoms with Crippen LogP contribution in [0.2, 0.25) is 0 Å². The molecule has 104 valence electrons. The molecular weight excluding hydrogens is 238 g/mol. The average molecular weight is 261 g/mol. The van der Waals surface area contributed by atoms with Crippen LogP contribution >= 0.6 is 0 Å². The van der Waals surface area contributed by atoms with E-state index in [0.29, 0.717) is 17.4 Å². The summed E-state index contributed by atoms with van der Waals surface area (Å²) < 4.78 is 0. The third kappa shape index (κ3) is 2.91. The van der Waals surface area contributed by atoms with Gasteiger partial charge in [0.1, 0.15) is 5.75 Å². The van der Waals surface area contributed by atoms with E-state index in [2.05, 4.69) is 19.2 Å². The molecular formula is C16H23NO2. The molecule has 1 aromatic rings. The van der Waals surface area contributed by atoms with Gasteiger partial charge in [-0.15, -0.1) is 0 Å². The summed E-state index contributed by atoms with van der Waals surface area (Å²) in [5.41, 5.74) is 1.11. The van der Waals surface area contributed by atoms with Crippen molar-refractivity contribution in [3.63, 3.8) is 0 Å². The Kier molecular flexibility index (Phi) is 4.13. The first-order chi connectivity index (χ1) is 9.00. The highest BCUT2D eigenvalue weighted by molar-refractivity contribution is 5.97. The minimum absolute atomic E-state index is 0.0940. The van der Waals surface area contributed by atoms with E-state index < -0.39 is 0 Å². The summed E-state index contributed by atoms with van der Waals surface area (Å²) in [6, 6.07) is 5.50. The van der Waals surface area contributed by atoms with E-state index in [-0.39, 0.29) is 17.7 Å². The van der Waals surface area contributed by atoms with Gasteiger partial charge in [0.15, 0.2) is 0 Å². The van der Waals surface area contributed by atoms with Crippen molar-refractivity contribution < 1.29 is 9.90 Å². The fourth-order valence-corrected chi connectivity index (χ4v) is 2.87. The highest BCUT2D eigenvalue weighted by atomic mass is 16.3. The maximum absolute atomic E-state index is 12.3. The summed E-state index contributed by atoms with van der Waals surface area (Å²) in [6.45, 7) is 6.25. The number of carbonyl (C=O) groups excluding carboxylic acids is 1. The largest absolute Gasteiger partial charge is 0.507 e. The van der Waals surface area contributed by atoms with Crippen molar-refractivity contribution >= 4 is 5.91 Å². The number of benzene rings is 1. The number of para-hydroxylation sites is 1. The lowest BCUT2D eigenvalue weighted by Gasteiger charge is -2.34. The SMILES string of the molecule is Cc1cccc(C(=O)NC2CCCC(C)C2C)c1O. The highest BCUT2D eigenvalue weighted by Gasteiger charge is 2.28. The maximum Gasteiger partial charge on any atom is 0.255 e. The molecule has 0 aliphatic heterocycles. The number of phenols is 1. The van der Waals surface area contributed by atoms with Crippen LogP contribution in [0.15, 0.2) is 18.2 Å². The second-order valence-electron chi connectivity index (χ2n) is 5.82. The van der Waals surface area contributed by atoms with E-state index in [9.17, 15) is 9.90 Å². The van der Waals surface area contributed by atoms with Crippen molar-refractivity contribution in [3.05, 3.63) is 29.3 Å². The molecule has 1 fully saturated rings. The van der Waals surface area contributed by atoms with Crippen molar-refractivity contribution in [1.82, 2.24) is 5.32 Å². The second kappa shape index (κ2) is 5.64. The normalized spacial score (nSPS) is 27.0. The number of rotatable bonds is 2. The van der Waals surface area contributed by atoms with Gasteiger partial charge in [0, 0.05) is 6.04 Å². The van der Waals surface area contributed by atoms with Crippen molar-refractivity contribution in [2.75, 3.05) is 0 Å². The third-order valence-corrected chi connectivity index (χ3v) is 4.51. The van der Waals surface area contributed by atoms with Gasteiger partial charge in [0.05, 0.1) is 5.56 Å². The number of amides is 1. The van der Waals surface area contributed by atoms with Crippen LogP contribution in [0.25, 0.3) is 0 Å². The zero-order valence-corrected chi connectivity index (χ0v) is 11.9. The molecule has 2 rings (SSSR count). The molecule has 3 heteroatoms. The lowest BCUT2D eigenvalue weighted by molar-refractivity contribution is 0.0888. The predicted octanol–water partition coefficient (Wildman–Crippen LogP) is 3.26. The molecule has 1 aliphatic carbocycles. The van der Waals surface area contributed by atoms with Crippen LogP contribution in [-0.2, 0) is 0 Å². The molecule has 3 unspecified atom stereocenters. The second-order valence-corrected chi connectivity index (χ2v) is 5.82. The summed E-state index contributed by atoms with van der Waals surface area (Å²) in [4.78, 5) is 12.3. The standard InChI is InChI=1S/C16H23NO2/c1-10-6-5-9-14(12(10)3)17-16(19)13-8-4-7-11(2)15(13)18/h4,7-8,10,12,14,18H,5-6,9H2,1-3H3,(H,17,19). The molecule has 1 aromatic carbocycles. The molecule has 19 heavy (non-hydrogen) atoms. The van der Waals surface area contributed by atoms with Gasteiger partial charge in [0.2, 0.25) is 0 Å².